The Morgan fingerprint density at radius 2 is 2.21 bits per heavy atom. The molecule has 4 nitrogen and oxygen atoms in total. The first-order valence-corrected chi connectivity index (χ1v) is 6.90. The van der Waals surface area contributed by atoms with Gasteiger partial charge in [-0.15, -0.1) is 0 Å². The summed E-state index contributed by atoms with van der Waals surface area (Å²) in [5.41, 5.74) is 3.50. The molecule has 2 aromatic heterocycles. The lowest BCUT2D eigenvalue weighted by Gasteiger charge is -2.11. The third-order valence-corrected chi connectivity index (χ3v) is 3.22. The number of carbonyl (C=O) groups is 1. The number of amides is 1. The number of nitrogens with zero attached hydrogens (tertiary/aromatic N) is 2. The van der Waals surface area contributed by atoms with Gasteiger partial charge in [-0.05, 0) is 30.7 Å². The summed E-state index contributed by atoms with van der Waals surface area (Å²) in [5, 5.41) is 0.949. The van der Waals surface area contributed by atoms with Crippen molar-refractivity contribution in [1.29, 1.82) is 0 Å². The SMILES string of the molecule is CCCCCC(=O)Nn1c(=S)ccc2cccnc21. The molecular weight excluding hydrogens is 258 g/mol. The molecule has 0 radical (unpaired) electrons. The maximum atomic E-state index is 11.9. The van der Waals surface area contributed by atoms with Gasteiger partial charge in [0.05, 0.1) is 0 Å². The van der Waals surface area contributed by atoms with Gasteiger partial charge in [0.25, 0.3) is 0 Å². The van der Waals surface area contributed by atoms with Crippen molar-refractivity contribution in [2.45, 2.75) is 32.6 Å². The molecule has 0 aliphatic carbocycles. The molecule has 1 amide bonds. The van der Waals surface area contributed by atoms with Gasteiger partial charge in [0.15, 0.2) is 5.65 Å². The van der Waals surface area contributed by atoms with Crippen LogP contribution in [0.2, 0.25) is 0 Å². The normalized spacial score (nSPS) is 10.6. The molecule has 2 heterocycles. The van der Waals surface area contributed by atoms with E-state index in [0.29, 0.717) is 16.7 Å². The molecule has 100 valence electrons. The summed E-state index contributed by atoms with van der Waals surface area (Å²) < 4.78 is 2.13. The number of nitrogens with one attached hydrogen (secondary N) is 1. The summed E-state index contributed by atoms with van der Waals surface area (Å²) in [5.74, 6) is -0.0253. The average molecular weight is 275 g/mol. The van der Waals surface area contributed by atoms with Crippen LogP contribution in [0.15, 0.2) is 30.5 Å². The highest BCUT2D eigenvalue weighted by molar-refractivity contribution is 7.71. The van der Waals surface area contributed by atoms with Crippen LogP contribution in [0.4, 0.5) is 0 Å². The molecule has 0 fully saturated rings. The van der Waals surface area contributed by atoms with E-state index in [1.54, 1.807) is 16.9 Å². The van der Waals surface area contributed by atoms with E-state index in [0.717, 1.165) is 24.6 Å². The summed E-state index contributed by atoms with van der Waals surface area (Å²) in [4.78, 5) is 16.2. The zero-order chi connectivity index (χ0) is 13.7. The zero-order valence-corrected chi connectivity index (χ0v) is 11.7. The Morgan fingerprint density at radius 3 is 3.00 bits per heavy atom. The Kier molecular flexibility index (Phi) is 4.63. The third kappa shape index (κ3) is 3.38. The molecule has 0 unspecified atom stereocenters. The van der Waals surface area contributed by atoms with Gasteiger partial charge in [-0.1, -0.05) is 32.0 Å². The Balaban J connectivity index is 2.22. The van der Waals surface area contributed by atoms with Crippen molar-refractivity contribution in [3.63, 3.8) is 0 Å². The predicted octanol–water partition coefficient (Wildman–Crippen LogP) is 3.42. The fourth-order valence-corrected chi connectivity index (χ4v) is 2.09. The smallest absolute Gasteiger partial charge is 0.238 e. The number of fused-ring (bicyclic) bond motifs is 1. The van der Waals surface area contributed by atoms with Gasteiger partial charge in [0, 0.05) is 18.0 Å². The Labute approximate surface area is 117 Å². The van der Waals surface area contributed by atoms with Crippen molar-refractivity contribution in [3.8, 4) is 0 Å². The summed E-state index contributed by atoms with van der Waals surface area (Å²) in [6.07, 6.45) is 5.26. The Hall–Kier alpha value is -1.75. The predicted molar refractivity (Wildman–Crippen MR) is 79.1 cm³/mol. The van der Waals surface area contributed by atoms with E-state index in [-0.39, 0.29) is 5.91 Å². The van der Waals surface area contributed by atoms with E-state index >= 15 is 0 Å². The molecule has 0 atom stereocenters. The van der Waals surface area contributed by atoms with Crippen LogP contribution < -0.4 is 5.43 Å². The van der Waals surface area contributed by atoms with Crippen LogP contribution in [-0.4, -0.2) is 15.6 Å². The highest BCUT2D eigenvalue weighted by Crippen LogP contribution is 2.10. The maximum absolute atomic E-state index is 11.9. The molecule has 0 aliphatic rings. The molecule has 19 heavy (non-hydrogen) atoms. The fourth-order valence-electron chi connectivity index (χ4n) is 1.89. The Morgan fingerprint density at radius 1 is 1.37 bits per heavy atom. The first kappa shape index (κ1) is 13.7. The number of unbranched alkanes of at least 4 members (excludes halogenated alkanes) is 2. The van der Waals surface area contributed by atoms with Crippen molar-refractivity contribution < 1.29 is 4.79 Å². The van der Waals surface area contributed by atoms with Crippen molar-refractivity contribution >= 4 is 29.2 Å². The number of carbonyl (C=O) groups excluding carboxylic acids is 1. The van der Waals surface area contributed by atoms with Gasteiger partial charge in [-0.3, -0.25) is 10.2 Å². The van der Waals surface area contributed by atoms with E-state index in [2.05, 4.69) is 17.3 Å². The highest BCUT2D eigenvalue weighted by Gasteiger charge is 2.05. The Bertz CT molecular complexity index is 636. The standard InChI is InChI=1S/C14H17N3OS/c1-2-3-4-7-12(18)16-17-13(19)9-8-11-6-5-10-15-14(11)17/h5-6,8-10H,2-4,7H2,1H3,(H,16,18). The minimum Gasteiger partial charge on any atom is -0.273 e. The second-order valence-corrected chi connectivity index (χ2v) is 4.83. The largest absolute Gasteiger partial charge is 0.273 e. The minimum atomic E-state index is -0.0253. The van der Waals surface area contributed by atoms with Gasteiger partial charge in [-0.2, -0.15) is 0 Å². The van der Waals surface area contributed by atoms with E-state index in [1.165, 1.54) is 0 Å². The molecule has 2 rings (SSSR count). The van der Waals surface area contributed by atoms with Crippen molar-refractivity contribution in [1.82, 2.24) is 9.66 Å². The van der Waals surface area contributed by atoms with Crippen LogP contribution in [0.3, 0.4) is 0 Å². The van der Waals surface area contributed by atoms with Crippen LogP contribution in [0.25, 0.3) is 11.0 Å². The second-order valence-electron chi connectivity index (χ2n) is 4.42. The molecule has 5 heteroatoms. The number of hydrogen-bond donors (Lipinski definition) is 1. The van der Waals surface area contributed by atoms with Gasteiger partial charge in [0.1, 0.15) is 4.64 Å². The first-order chi connectivity index (χ1) is 9.22. The van der Waals surface area contributed by atoms with E-state index in [1.807, 2.05) is 18.2 Å². The lowest BCUT2D eigenvalue weighted by atomic mass is 10.2. The summed E-state index contributed by atoms with van der Waals surface area (Å²) in [6.45, 7) is 2.11. The average Bonchev–Trinajstić information content (AvgIpc) is 2.42. The molecule has 1 N–H and O–H groups in total. The second kappa shape index (κ2) is 6.43. The quantitative estimate of drug-likeness (QED) is 0.672. The van der Waals surface area contributed by atoms with Gasteiger partial charge < -0.3 is 0 Å². The van der Waals surface area contributed by atoms with Crippen LogP contribution in [-0.2, 0) is 4.79 Å². The molecule has 0 saturated carbocycles. The van der Waals surface area contributed by atoms with E-state index in [9.17, 15) is 4.79 Å². The molecule has 0 spiro atoms. The van der Waals surface area contributed by atoms with Crippen molar-refractivity contribution in [2.24, 2.45) is 0 Å². The number of rotatable bonds is 5. The summed E-state index contributed by atoms with van der Waals surface area (Å²) >= 11 is 5.24. The van der Waals surface area contributed by atoms with Gasteiger partial charge in [-0.25, -0.2) is 9.66 Å². The molecule has 0 aromatic carbocycles. The summed E-state index contributed by atoms with van der Waals surface area (Å²) in [6, 6.07) is 7.51. The van der Waals surface area contributed by atoms with Crippen LogP contribution >= 0.6 is 12.2 Å². The lowest BCUT2D eigenvalue weighted by Crippen LogP contribution is -2.24. The van der Waals surface area contributed by atoms with Crippen LogP contribution in [0.1, 0.15) is 32.6 Å². The summed E-state index contributed by atoms with van der Waals surface area (Å²) in [7, 11) is 0. The van der Waals surface area contributed by atoms with Crippen LogP contribution in [0, 0.1) is 4.64 Å². The monoisotopic (exact) mass is 275 g/mol. The zero-order valence-electron chi connectivity index (χ0n) is 10.9. The van der Waals surface area contributed by atoms with Crippen LogP contribution in [0.5, 0.6) is 0 Å². The van der Waals surface area contributed by atoms with Crippen molar-refractivity contribution in [3.05, 3.63) is 35.1 Å². The van der Waals surface area contributed by atoms with Gasteiger partial charge >= 0.3 is 0 Å². The van der Waals surface area contributed by atoms with E-state index < -0.39 is 0 Å². The molecule has 0 bridgehead atoms. The lowest BCUT2D eigenvalue weighted by molar-refractivity contribution is -0.117. The third-order valence-electron chi connectivity index (χ3n) is 2.90. The van der Waals surface area contributed by atoms with Gasteiger partial charge in [0.2, 0.25) is 5.91 Å². The number of pyridine rings is 2. The van der Waals surface area contributed by atoms with Crippen molar-refractivity contribution in [2.75, 3.05) is 5.43 Å². The molecular formula is C14H17N3OS. The van der Waals surface area contributed by atoms with E-state index in [4.69, 9.17) is 12.2 Å². The maximum Gasteiger partial charge on any atom is 0.238 e. The molecule has 2 aromatic rings. The number of aromatic nitrogens is 2. The topological polar surface area (TPSA) is 46.9 Å². The molecule has 0 saturated heterocycles. The highest BCUT2D eigenvalue weighted by atomic mass is 32.1. The minimum absolute atomic E-state index is 0.0253. The molecule has 0 aliphatic heterocycles. The number of hydrogen-bond acceptors (Lipinski definition) is 3. The fraction of sp³-hybridized carbons (Fsp3) is 0.357. The first-order valence-electron chi connectivity index (χ1n) is 6.49.